The van der Waals surface area contributed by atoms with Crippen LogP contribution in [0.1, 0.15) is 79.1 Å². The maximum Gasteiger partial charge on any atom is 0.00952 e. The molecule has 1 N–H and O–H groups in total. The molecule has 0 aromatic rings. The van der Waals surface area contributed by atoms with Crippen molar-refractivity contribution in [2.75, 3.05) is 0 Å². The summed E-state index contributed by atoms with van der Waals surface area (Å²) in [5.74, 6) is 1.75. The molecule has 0 aromatic heterocycles. The standard InChI is InChI=1S/C16H33N/c1-5-13(3)12-15(6-2)17-16-11-9-7-8-10-14(16)4/h13-17H,5-12H2,1-4H3. The lowest BCUT2D eigenvalue weighted by Crippen LogP contribution is -2.42. The topological polar surface area (TPSA) is 12.0 Å². The number of hydrogen-bond donors (Lipinski definition) is 1. The number of rotatable bonds is 6. The van der Waals surface area contributed by atoms with Crippen LogP contribution in [0.3, 0.4) is 0 Å². The van der Waals surface area contributed by atoms with Gasteiger partial charge in [-0.05, 0) is 37.5 Å². The van der Waals surface area contributed by atoms with Crippen molar-refractivity contribution >= 4 is 0 Å². The van der Waals surface area contributed by atoms with Gasteiger partial charge in [-0.2, -0.15) is 0 Å². The van der Waals surface area contributed by atoms with Crippen molar-refractivity contribution in [3.05, 3.63) is 0 Å². The Morgan fingerprint density at radius 3 is 2.41 bits per heavy atom. The molecule has 0 spiro atoms. The Morgan fingerprint density at radius 2 is 1.76 bits per heavy atom. The Balaban J connectivity index is 2.41. The zero-order chi connectivity index (χ0) is 12.7. The van der Waals surface area contributed by atoms with E-state index in [-0.39, 0.29) is 0 Å². The van der Waals surface area contributed by atoms with Crippen LogP contribution >= 0.6 is 0 Å². The fourth-order valence-corrected chi connectivity index (χ4v) is 3.05. The van der Waals surface area contributed by atoms with E-state index in [9.17, 15) is 0 Å². The summed E-state index contributed by atoms with van der Waals surface area (Å²) in [6.07, 6.45) is 11.1. The van der Waals surface area contributed by atoms with Gasteiger partial charge in [0.15, 0.2) is 0 Å². The molecule has 1 heteroatoms. The molecule has 4 unspecified atom stereocenters. The third kappa shape index (κ3) is 5.42. The summed E-state index contributed by atoms with van der Waals surface area (Å²) < 4.78 is 0. The van der Waals surface area contributed by atoms with E-state index in [4.69, 9.17) is 0 Å². The quantitative estimate of drug-likeness (QED) is 0.659. The van der Waals surface area contributed by atoms with Gasteiger partial charge in [0, 0.05) is 12.1 Å². The molecule has 1 rings (SSSR count). The molecule has 4 atom stereocenters. The lowest BCUT2D eigenvalue weighted by atomic mass is 9.92. The van der Waals surface area contributed by atoms with Crippen LogP contribution in [0.25, 0.3) is 0 Å². The van der Waals surface area contributed by atoms with E-state index in [0.29, 0.717) is 0 Å². The summed E-state index contributed by atoms with van der Waals surface area (Å²) >= 11 is 0. The Kier molecular flexibility index (Phi) is 7.18. The van der Waals surface area contributed by atoms with E-state index in [0.717, 1.165) is 23.9 Å². The van der Waals surface area contributed by atoms with Crippen LogP contribution in [-0.2, 0) is 0 Å². The summed E-state index contributed by atoms with van der Waals surface area (Å²) in [6, 6.07) is 1.53. The van der Waals surface area contributed by atoms with Gasteiger partial charge >= 0.3 is 0 Å². The lowest BCUT2D eigenvalue weighted by molar-refractivity contribution is 0.286. The molecule has 0 aliphatic heterocycles. The van der Waals surface area contributed by atoms with Gasteiger partial charge < -0.3 is 5.32 Å². The Morgan fingerprint density at radius 1 is 1.06 bits per heavy atom. The van der Waals surface area contributed by atoms with Gasteiger partial charge in [0.1, 0.15) is 0 Å². The van der Waals surface area contributed by atoms with Crippen LogP contribution in [0.5, 0.6) is 0 Å². The second-order valence-electron chi connectivity index (χ2n) is 6.24. The monoisotopic (exact) mass is 239 g/mol. The molecule has 1 saturated carbocycles. The van der Waals surface area contributed by atoms with Gasteiger partial charge in [-0.25, -0.2) is 0 Å². The Bertz CT molecular complexity index is 190. The molecule has 17 heavy (non-hydrogen) atoms. The highest BCUT2D eigenvalue weighted by Gasteiger charge is 2.22. The Hall–Kier alpha value is -0.0400. The third-order valence-corrected chi connectivity index (χ3v) is 4.69. The molecule has 1 aliphatic carbocycles. The normalized spacial score (nSPS) is 29.6. The molecule has 1 aliphatic rings. The second-order valence-corrected chi connectivity index (χ2v) is 6.24. The van der Waals surface area contributed by atoms with Crippen molar-refractivity contribution in [2.24, 2.45) is 11.8 Å². The van der Waals surface area contributed by atoms with Crippen molar-refractivity contribution in [3.63, 3.8) is 0 Å². The maximum atomic E-state index is 3.96. The second kappa shape index (κ2) is 8.13. The SMILES string of the molecule is CCC(C)CC(CC)NC1CCCCCC1C. The van der Waals surface area contributed by atoms with Crippen molar-refractivity contribution in [2.45, 2.75) is 91.1 Å². The number of hydrogen-bond acceptors (Lipinski definition) is 1. The molecule has 0 amide bonds. The fourth-order valence-electron chi connectivity index (χ4n) is 3.05. The molecule has 0 radical (unpaired) electrons. The summed E-state index contributed by atoms with van der Waals surface area (Å²) in [4.78, 5) is 0. The first-order valence-electron chi connectivity index (χ1n) is 7.93. The van der Waals surface area contributed by atoms with Gasteiger partial charge in [0.25, 0.3) is 0 Å². The van der Waals surface area contributed by atoms with Crippen molar-refractivity contribution < 1.29 is 0 Å². The van der Waals surface area contributed by atoms with E-state index in [2.05, 4.69) is 33.0 Å². The highest BCUT2D eigenvalue weighted by Crippen LogP contribution is 2.24. The molecule has 1 nitrogen and oxygen atoms in total. The van der Waals surface area contributed by atoms with Crippen molar-refractivity contribution in [1.82, 2.24) is 5.32 Å². The average Bonchev–Trinajstić information content (AvgIpc) is 2.53. The zero-order valence-corrected chi connectivity index (χ0v) is 12.5. The predicted octanol–water partition coefficient (Wildman–Crippen LogP) is 4.76. The summed E-state index contributed by atoms with van der Waals surface area (Å²) in [5.41, 5.74) is 0. The zero-order valence-electron chi connectivity index (χ0n) is 12.5. The number of nitrogens with one attached hydrogen (secondary N) is 1. The van der Waals surface area contributed by atoms with Crippen LogP contribution in [-0.4, -0.2) is 12.1 Å². The summed E-state index contributed by atoms with van der Waals surface area (Å²) in [5, 5.41) is 3.96. The van der Waals surface area contributed by atoms with E-state index in [1.54, 1.807) is 0 Å². The highest BCUT2D eigenvalue weighted by molar-refractivity contribution is 4.81. The van der Waals surface area contributed by atoms with Crippen LogP contribution < -0.4 is 5.32 Å². The van der Waals surface area contributed by atoms with E-state index >= 15 is 0 Å². The van der Waals surface area contributed by atoms with Crippen LogP contribution in [0, 0.1) is 11.8 Å². The van der Waals surface area contributed by atoms with Crippen molar-refractivity contribution in [1.29, 1.82) is 0 Å². The minimum absolute atomic E-state index is 0.746. The largest absolute Gasteiger partial charge is 0.311 e. The summed E-state index contributed by atoms with van der Waals surface area (Å²) in [6.45, 7) is 9.48. The molecular formula is C16H33N. The molecule has 102 valence electrons. The van der Waals surface area contributed by atoms with Gasteiger partial charge in [-0.15, -0.1) is 0 Å². The minimum atomic E-state index is 0.746. The average molecular weight is 239 g/mol. The predicted molar refractivity (Wildman–Crippen MR) is 77.3 cm³/mol. The molecule has 0 saturated heterocycles. The Labute approximate surface area is 109 Å². The molecule has 0 bridgehead atoms. The smallest absolute Gasteiger partial charge is 0.00952 e. The maximum absolute atomic E-state index is 3.96. The van der Waals surface area contributed by atoms with Crippen LogP contribution in [0.15, 0.2) is 0 Å². The van der Waals surface area contributed by atoms with Gasteiger partial charge in [0.2, 0.25) is 0 Å². The minimum Gasteiger partial charge on any atom is -0.311 e. The first-order chi connectivity index (χ1) is 8.17. The van der Waals surface area contributed by atoms with Crippen LogP contribution in [0.2, 0.25) is 0 Å². The summed E-state index contributed by atoms with van der Waals surface area (Å²) in [7, 11) is 0. The molecule has 1 fully saturated rings. The first kappa shape index (κ1) is 15.0. The lowest BCUT2D eigenvalue weighted by Gasteiger charge is -2.29. The highest BCUT2D eigenvalue weighted by atomic mass is 15.0. The van der Waals surface area contributed by atoms with E-state index < -0.39 is 0 Å². The van der Waals surface area contributed by atoms with Gasteiger partial charge in [0.05, 0.1) is 0 Å². The van der Waals surface area contributed by atoms with Gasteiger partial charge in [-0.1, -0.05) is 53.4 Å². The molecule has 0 heterocycles. The van der Waals surface area contributed by atoms with Gasteiger partial charge in [-0.3, -0.25) is 0 Å². The fraction of sp³-hybridized carbons (Fsp3) is 1.00. The van der Waals surface area contributed by atoms with Crippen LogP contribution in [0.4, 0.5) is 0 Å². The third-order valence-electron chi connectivity index (χ3n) is 4.69. The molecule has 0 aromatic carbocycles. The molecular weight excluding hydrogens is 206 g/mol. The van der Waals surface area contributed by atoms with E-state index in [1.807, 2.05) is 0 Å². The van der Waals surface area contributed by atoms with Crippen molar-refractivity contribution in [3.8, 4) is 0 Å². The van der Waals surface area contributed by atoms with E-state index in [1.165, 1.54) is 51.4 Å². The first-order valence-corrected chi connectivity index (χ1v) is 7.93.